The fraction of sp³-hybridized carbons (Fsp3) is 0. The zero-order valence-corrected chi connectivity index (χ0v) is 6.16. The van der Waals surface area contributed by atoms with Crippen LogP contribution in [0.15, 0.2) is 0 Å². The molecule has 4 N–H and O–H groups in total. The third-order valence-corrected chi connectivity index (χ3v) is 0.582. The van der Waals surface area contributed by atoms with Crippen LogP contribution in [0.4, 0.5) is 4.79 Å². The number of nitrogens with one attached hydrogen (secondary N) is 2. The summed E-state index contributed by atoms with van der Waals surface area (Å²) in [6.45, 7) is 0. The molecule has 0 aromatic heterocycles. The summed E-state index contributed by atoms with van der Waals surface area (Å²) in [6.07, 6.45) is 0. The second-order valence-electron chi connectivity index (χ2n) is 0.666. The van der Waals surface area contributed by atoms with Gasteiger partial charge in [-0.25, -0.2) is 0 Å². The van der Waals surface area contributed by atoms with Crippen molar-refractivity contribution < 1.29 is 23.3 Å². The molecule has 0 fully saturated rings. The van der Waals surface area contributed by atoms with Crippen molar-refractivity contribution >= 4 is 6.03 Å². The van der Waals surface area contributed by atoms with Crippen LogP contribution < -0.4 is 15.3 Å². The molecule has 0 aliphatic rings. The molecule has 0 heterocycles. The Hall–Kier alpha value is -0.147. The van der Waals surface area contributed by atoms with E-state index in [0.29, 0.717) is 0 Å². The Balaban J connectivity index is 2.83. The summed E-state index contributed by atoms with van der Waals surface area (Å²) in [7, 11) is 0. The number of carbonyl (C=O) groups is 1. The molecule has 0 aromatic rings. The number of rotatable bonds is 1. The van der Waals surface area contributed by atoms with Crippen LogP contribution in [-0.2, 0) is 18.5 Å². The molecule has 2 amide bonds. The molecule has 0 bridgehead atoms. The first-order chi connectivity index (χ1) is 2.77. The summed E-state index contributed by atoms with van der Waals surface area (Å²) in [6, 6.07) is -0.541. The van der Waals surface area contributed by atoms with Crippen LogP contribution in [0, 0.1) is 0 Å². The second-order valence-corrected chi connectivity index (χ2v) is 1.41. The number of hydrogen-bond acceptors (Lipinski definition) is 2. The minimum absolute atomic E-state index is 0.541. The number of urea groups is 1. The van der Waals surface area contributed by atoms with Crippen molar-refractivity contribution in [1.29, 1.82) is 0 Å². The Morgan fingerprint density at radius 1 is 1.83 bits per heavy atom. The molecule has 4 nitrogen and oxygen atoms in total. The van der Waals surface area contributed by atoms with E-state index in [4.69, 9.17) is 0 Å². The normalized spacial score (nSPS) is 7.67. The number of primary amides is 1. The fourth-order valence-corrected chi connectivity index (χ4v) is 0.453. The number of nitrogens with two attached hydrogens (primary N) is 1. The summed E-state index contributed by atoms with van der Waals surface area (Å²) in [5, 5.41) is 0. The maximum absolute atomic E-state index is 9.67. The van der Waals surface area contributed by atoms with Crippen molar-refractivity contribution in [2.75, 3.05) is 0 Å². The number of amides is 2. The van der Waals surface area contributed by atoms with E-state index in [9.17, 15) is 4.79 Å². The number of hydrazine groups is 1. The Kier molecular flexibility index (Phi) is 2.98. The van der Waals surface area contributed by atoms with Gasteiger partial charge < -0.3 is 0 Å². The minimum atomic E-state index is -0.541. The molecule has 0 saturated carbocycles. The van der Waals surface area contributed by atoms with Gasteiger partial charge in [0, 0.05) is 0 Å². The quantitative estimate of drug-likeness (QED) is 0.310. The second kappa shape index (κ2) is 3.06. The molecular formula is CH4N3OZn. The van der Waals surface area contributed by atoms with E-state index in [0.717, 1.165) is 18.5 Å². The average molecular weight is 139 g/mol. The standard InChI is InChI=1S/CH4N3O.Zn/c2-1(5)4-3;/h3H,(H3,2,4,5);/q-1;+1. The number of hydrogen-bond donors (Lipinski definition) is 3. The summed E-state index contributed by atoms with van der Waals surface area (Å²) < 4.78 is 2.47. The van der Waals surface area contributed by atoms with E-state index in [1.807, 2.05) is 0 Å². The third-order valence-electron chi connectivity index (χ3n) is 0.212. The molecule has 0 rings (SSSR count). The first-order valence-electron chi connectivity index (χ1n) is 1.35. The van der Waals surface area contributed by atoms with Crippen molar-refractivity contribution in [3.8, 4) is 0 Å². The van der Waals surface area contributed by atoms with Crippen LogP contribution in [0.3, 0.4) is 0 Å². The van der Waals surface area contributed by atoms with Crippen LogP contribution in [0.25, 0.3) is 0 Å². The van der Waals surface area contributed by atoms with Crippen LogP contribution in [-0.4, -0.2) is 6.03 Å². The summed E-state index contributed by atoms with van der Waals surface area (Å²) >= 11 is 0.808. The average Bonchev–Trinajstić information content (AvgIpc) is 1.35. The van der Waals surface area contributed by atoms with Gasteiger partial charge in [0.1, 0.15) is 0 Å². The van der Waals surface area contributed by atoms with Crippen LogP contribution in [0.1, 0.15) is 0 Å². The molecule has 0 unspecified atom stereocenters. The van der Waals surface area contributed by atoms with Gasteiger partial charge in [-0.15, -0.1) is 0 Å². The van der Waals surface area contributed by atoms with Gasteiger partial charge in [0.15, 0.2) is 0 Å². The predicted molar refractivity (Wildman–Crippen MR) is 15.9 cm³/mol. The first-order valence-corrected chi connectivity index (χ1v) is 2.83. The molecule has 0 spiro atoms. The molecular weight excluding hydrogens is 135 g/mol. The van der Waals surface area contributed by atoms with Crippen molar-refractivity contribution in [1.82, 2.24) is 9.59 Å². The molecule has 0 saturated heterocycles. The van der Waals surface area contributed by atoms with Gasteiger partial charge in [-0.2, -0.15) is 0 Å². The van der Waals surface area contributed by atoms with E-state index in [1.165, 1.54) is 0 Å². The van der Waals surface area contributed by atoms with Crippen molar-refractivity contribution in [3.05, 3.63) is 0 Å². The van der Waals surface area contributed by atoms with Gasteiger partial charge in [-0.05, 0) is 0 Å². The van der Waals surface area contributed by atoms with Gasteiger partial charge in [-0.3, -0.25) is 0 Å². The third kappa shape index (κ3) is 3.85. The van der Waals surface area contributed by atoms with Gasteiger partial charge in [0.05, 0.1) is 0 Å². The maximum atomic E-state index is 9.67. The summed E-state index contributed by atoms with van der Waals surface area (Å²) in [5.41, 5.74) is 6.76. The zero-order chi connectivity index (χ0) is 4.99. The molecule has 0 atom stereocenters. The van der Waals surface area contributed by atoms with Gasteiger partial charge in [-0.1, -0.05) is 0 Å². The van der Waals surface area contributed by atoms with Gasteiger partial charge in [0.25, 0.3) is 0 Å². The Morgan fingerprint density at radius 2 is 2.33 bits per heavy atom. The number of carbonyl (C=O) groups excluding carboxylic acids is 1. The van der Waals surface area contributed by atoms with Crippen LogP contribution >= 0.6 is 0 Å². The molecule has 0 aliphatic heterocycles. The Labute approximate surface area is 45.4 Å². The van der Waals surface area contributed by atoms with E-state index in [2.05, 4.69) is 15.3 Å². The van der Waals surface area contributed by atoms with Crippen LogP contribution in [0.5, 0.6) is 0 Å². The fourth-order valence-electron chi connectivity index (χ4n) is 0.0871. The monoisotopic (exact) mass is 138 g/mol. The van der Waals surface area contributed by atoms with E-state index in [1.54, 1.807) is 0 Å². The van der Waals surface area contributed by atoms with Gasteiger partial charge >= 0.3 is 44.7 Å². The first kappa shape index (κ1) is 5.85. The molecule has 0 aromatic carbocycles. The van der Waals surface area contributed by atoms with Crippen molar-refractivity contribution in [3.63, 3.8) is 0 Å². The van der Waals surface area contributed by atoms with Crippen LogP contribution in [0.2, 0.25) is 0 Å². The Morgan fingerprint density at radius 3 is 2.33 bits per heavy atom. The Bertz CT molecular complexity index is 54.8. The molecule has 0 aliphatic carbocycles. The van der Waals surface area contributed by atoms with Gasteiger partial charge in [0.2, 0.25) is 0 Å². The summed E-state index contributed by atoms with van der Waals surface area (Å²) in [5.74, 6) is 0. The molecule has 0 radical (unpaired) electrons. The topological polar surface area (TPSA) is 67.2 Å². The van der Waals surface area contributed by atoms with Crippen molar-refractivity contribution in [2.45, 2.75) is 0 Å². The SMILES string of the molecule is NC(=O)N[NH][Zn]. The van der Waals surface area contributed by atoms with E-state index >= 15 is 0 Å². The van der Waals surface area contributed by atoms with Crippen molar-refractivity contribution in [2.24, 2.45) is 5.73 Å². The predicted octanol–water partition coefficient (Wildman–Crippen LogP) is -1.38. The molecule has 5 heteroatoms. The molecule has 31 valence electrons. The summed E-state index contributed by atoms with van der Waals surface area (Å²) in [4.78, 5) is 9.67. The molecule has 6 heavy (non-hydrogen) atoms. The zero-order valence-electron chi connectivity index (χ0n) is 3.19. The van der Waals surface area contributed by atoms with E-state index < -0.39 is 6.03 Å². The van der Waals surface area contributed by atoms with E-state index in [-0.39, 0.29) is 0 Å².